The summed E-state index contributed by atoms with van der Waals surface area (Å²) in [6.45, 7) is 0. The number of hydrogen-bond acceptors (Lipinski definition) is 6. The summed E-state index contributed by atoms with van der Waals surface area (Å²) in [7, 11) is -3.08. The Hall–Kier alpha value is -4.76. The van der Waals surface area contributed by atoms with Crippen molar-refractivity contribution in [1.82, 2.24) is 4.98 Å². The fourth-order valence-electron chi connectivity index (χ4n) is 4.15. The molecular formula is C28H20N2O6S. The summed E-state index contributed by atoms with van der Waals surface area (Å²) < 4.78 is 33.9. The third-order valence-electron chi connectivity index (χ3n) is 5.91. The van der Waals surface area contributed by atoms with Gasteiger partial charge in [-0.1, -0.05) is 42.5 Å². The number of aromatic nitrogens is 1. The van der Waals surface area contributed by atoms with Crippen LogP contribution in [0.5, 0.6) is 5.75 Å². The maximum Gasteiger partial charge on any atom is 0.335 e. The van der Waals surface area contributed by atoms with Crippen LogP contribution in [0.4, 0.5) is 5.69 Å². The van der Waals surface area contributed by atoms with Gasteiger partial charge < -0.3 is 9.84 Å². The van der Waals surface area contributed by atoms with Crippen molar-refractivity contribution in [1.29, 1.82) is 0 Å². The van der Waals surface area contributed by atoms with E-state index in [-0.39, 0.29) is 21.7 Å². The maximum atomic E-state index is 14.3. The Bertz CT molecular complexity index is 1730. The summed E-state index contributed by atoms with van der Waals surface area (Å²) in [5.74, 6) is -1.62. The zero-order chi connectivity index (χ0) is 26.2. The molecule has 9 heteroatoms. The minimum absolute atomic E-state index is 0.0662. The van der Waals surface area contributed by atoms with E-state index in [1.165, 1.54) is 37.4 Å². The van der Waals surface area contributed by atoms with E-state index in [1.807, 2.05) is 0 Å². The lowest BCUT2D eigenvalue weighted by Gasteiger charge is -2.24. The molecule has 5 rings (SSSR count). The molecule has 1 aromatic heterocycles. The first-order chi connectivity index (χ1) is 17.8. The largest absolute Gasteiger partial charge is 0.497 e. The van der Waals surface area contributed by atoms with Gasteiger partial charge in [0.15, 0.2) is 0 Å². The van der Waals surface area contributed by atoms with Gasteiger partial charge in [0.25, 0.3) is 15.9 Å². The Balaban J connectivity index is 1.80. The van der Waals surface area contributed by atoms with Crippen LogP contribution in [0.3, 0.4) is 0 Å². The van der Waals surface area contributed by atoms with Crippen LogP contribution in [-0.4, -0.2) is 37.5 Å². The van der Waals surface area contributed by atoms with Crippen LogP contribution in [0.2, 0.25) is 0 Å². The number of pyridine rings is 1. The van der Waals surface area contributed by atoms with E-state index in [0.717, 1.165) is 6.07 Å². The molecule has 0 aliphatic carbocycles. The van der Waals surface area contributed by atoms with Crippen molar-refractivity contribution in [3.8, 4) is 5.75 Å². The van der Waals surface area contributed by atoms with Gasteiger partial charge in [0.2, 0.25) is 0 Å². The second-order valence-corrected chi connectivity index (χ2v) is 9.91. The Morgan fingerprint density at radius 1 is 0.811 bits per heavy atom. The molecule has 0 aliphatic heterocycles. The van der Waals surface area contributed by atoms with Crippen LogP contribution in [0.25, 0.3) is 21.8 Å². The highest BCUT2D eigenvalue weighted by atomic mass is 32.2. The zero-order valence-electron chi connectivity index (χ0n) is 19.5. The number of nitrogens with zero attached hydrogens (tertiary/aromatic N) is 2. The standard InChI is InChI=1S/C28H20N2O6S/c1-36-20-15-13-19(14-16-20)30(37(34,35)21-8-6-7-18(17-21)28(32)33)27(31)26-22-9-2-4-11-24(22)29-25-12-5-3-10-23(25)26/h2-17H,1H3,(H,32,33). The summed E-state index contributed by atoms with van der Waals surface area (Å²) in [6.07, 6.45) is 0. The first-order valence-corrected chi connectivity index (χ1v) is 12.6. The molecule has 1 heterocycles. The third-order valence-corrected chi connectivity index (χ3v) is 7.62. The predicted octanol–water partition coefficient (Wildman–Crippen LogP) is 5.13. The fourth-order valence-corrected chi connectivity index (χ4v) is 5.60. The lowest BCUT2D eigenvalue weighted by atomic mass is 10.0. The van der Waals surface area contributed by atoms with E-state index >= 15 is 0 Å². The maximum absolute atomic E-state index is 14.3. The first-order valence-electron chi connectivity index (χ1n) is 11.2. The van der Waals surface area contributed by atoms with E-state index in [4.69, 9.17) is 4.74 Å². The van der Waals surface area contributed by atoms with Crippen molar-refractivity contribution in [3.05, 3.63) is 108 Å². The molecule has 1 N–H and O–H groups in total. The number of rotatable bonds is 6. The molecule has 0 bridgehead atoms. The molecule has 0 unspecified atom stereocenters. The zero-order valence-corrected chi connectivity index (χ0v) is 20.3. The van der Waals surface area contributed by atoms with Gasteiger partial charge in [-0.25, -0.2) is 18.2 Å². The molecule has 0 saturated heterocycles. The summed E-state index contributed by atoms with van der Waals surface area (Å²) in [5.41, 5.74) is 1.07. The van der Waals surface area contributed by atoms with Gasteiger partial charge in [-0.3, -0.25) is 4.79 Å². The smallest absolute Gasteiger partial charge is 0.335 e. The van der Waals surface area contributed by atoms with Gasteiger partial charge in [-0.15, -0.1) is 0 Å². The van der Waals surface area contributed by atoms with Gasteiger partial charge >= 0.3 is 5.97 Å². The Morgan fingerprint density at radius 3 is 1.97 bits per heavy atom. The highest BCUT2D eigenvalue weighted by Gasteiger charge is 2.34. The molecule has 37 heavy (non-hydrogen) atoms. The molecule has 0 radical (unpaired) electrons. The van der Waals surface area contributed by atoms with Gasteiger partial charge in [0.05, 0.1) is 39.9 Å². The Morgan fingerprint density at radius 2 is 1.41 bits per heavy atom. The van der Waals surface area contributed by atoms with Crippen LogP contribution in [0.15, 0.2) is 102 Å². The molecule has 0 spiro atoms. The number of carbonyl (C=O) groups excluding carboxylic acids is 1. The van der Waals surface area contributed by atoms with E-state index in [9.17, 15) is 23.1 Å². The summed E-state index contributed by atoms with van der Waals surface area (Å²) in [5, 5.41) is 10.4. The number of carbonyl (C=O) groups is 2. The quantitative estimate of drug-likeness (QED) is 0.314. The summed E-state index contributed by atoms with van der Waals surface area (Å²) in [4.78, 5) is 30.2. The average molecular weight is 513 g/mol. The highest BCUT2D eigenvalue weighted by molar-refractivity contribution is 7.93. The van der Waals surface area contributed by atoms with Crippen molar-refractivity contribution in [3.63, 3.8) is 0 Å². The predicted molar refractivity (Wildman–Crippen MR) is 140 cm³/mol. The number of sulfonamides is 1. The Labute approximate surface area is 212 Å². The van der Waals surface area contributed by atoms with E-state index in [1.54, 1.807) is 60.7 Å². The molecule has 1 amide bonds. The number of para-hydroxylation sites is 2. The van der Waals surface area contributed by atoms with Crippen LogP contribution in [0, 0.1) is 0 Å². The SMILES string of the molecule is COc1ccc(N(C(=O)c2c3ccccc3nc3ccccc23)S(=O)(=O)c2cccc(C(=O)O)c2)cc1. The monoisotopic (exact) mass is 512 g/mol. The number of hydrogen-bond donors (Lipinski definition) is 1. The molecule has 4 aromatic carbocycles. The molecular weight excluding hydrogens is 492 g/mol. The molecule has 8 nitrogen and oxygen atoms in total. The van der Waals surface area contributed by atoms with Crippen molar-refractivity contribution in [2.75, 3.05) is 11.4 Å². The van der Waals surface area contributed by atoms with Gasteiger partial charge in [-0.05, 0) is 54.6 Å². The van der Waals surface area contributed by atoms with E-state index in [2.05, 4.69) is 4.98 Å². The molecule has 0 fully saturated rings. The van der Waals surface area contributed by atoms with Gasteiger partial charge in [0, 0.05) is 10.8 Å². The number of carboxylic acids is 1. The minimum atomic E-state index is -4.56. The van der Waals surface area contributed by atoms with Crippen molar-refractivity contribution in [2.24, 2.45) is 0 Å². The lowest BCUT2D eigenvalue weighted by Crippen LogP contribution is -2.37. The number of amides is 1. The second kappa shape index (κ2) is 9.36. The van der Waals surface area contributed by atoms with Gasteiger partial charge in [-0.2, -0.15) is 4.31 Å². The van der Waals surface area contributed by atoms with E-state index < -0.39 is 21.9 Å². The van der Waals surface area contributed by atoms with Crippen LogP contribution in [-0.2, 0) is 10.0 Å². The number of ether oxygens (including phenoxy) is 1. The number of anilines is 1. The van der Waals surface area contributed by atoms with Crippen molar-refractivity contribution >= 4 is 49.4 Å². The molecule has 0 saturated carbocycles. The number of aromatic carboxylic acids is 1. The lowest BCUT2D eigenvalue weighted by molar-refractivity contribution is 0.0696. The molecule has 184 valence electrons. The van der Waals surface area contributed by atoms with Crippen LogP contribution < -0.4 is 9.04 Å². The molecule has 0 aliphatic rings. The Kier molecular flexibility index (Phi) is 6.06. The first kappa shape index (κ1) is 24.0. The van der Waals surface area contributed by atoms with Crippen molar-refractivity contribution in [2.45, 2.75) is 4.90 Å². The van der Waals surface area contributed by atoms with Gasteiger partial charge in [0.1, 0.15) is 5.75 Å². The number of methoxy groups -OCH3 is 1. The number of fused-ring (bicyclic) bond motifs is 2. The highest BCUT2D eigenvalue weighted by Crippen LogP contribution is 2.33. The summed E-state index contributed by atoms with van der Waals surface area (Å²) >= 11 is 0. The number of carboxylic acid groups (broad SMARTS) is 1. The average Bonchev–Trinajstić information content (AvgIpc) is 2.92. The van der Waals surface area contributed by atoms with Crippen LogP contribution >= 0.6 is 0 Å². The normalized spacial score (nSPS) is 11.4. The van der Waals surface area contributed by atoms with Crippen LogP contribution in [0.1, 0.15) is 20.7 Å². The topological polar surface area (TPSA) is 114 Å². The minimum Gasteiger partial charge on any atom is -0.497 e. The third kappa shape index (κ3) is 4.25. The molecule has 0 atom stereocenters. The summed E-state index contributed by atoms with van der Waals surface area (Å²) in [6, 6.07) is 24.9. The van der Waals surface area contributed by atoms with E-state index in [0.29, 0.717) is 31.9 Å². The molecule has 5 aromatic rings. The number of benzene rings is 4. The van der Waals surface area contributed by atoms with Crippen molar-refractivity contribution < 1.29 is 27.9 Å². The second-order valence-electron chi connectivity index (χ2n) is 8.13. The fraction of sp³-hybridized carbons (Fsp3) is 0.0357.